The molecule has 33 heavy (non-hydrogen) atoms. The van der Waals surface area contributed by atoms with Crippen molar-refractivity contribution in [1.82, 2.24) is 34.9 Å². The Bertz CT molecular complexity index is 1250. The number of carbonyl (C=O) groups is 2. The molecule has 2 amide bonds. The summed E-state index contributed by atoms with van der Waals surface area (Å²) in [4.78, 5) is 39.3. The molecule has 1 fully saturated rings. The van der Waals surface area contributed by atoms with Crippen molar-refractivity contribution in [3.8, 4) is 11.4 Å². The second kappa shape index (κ2) is 7.65. The van der Waals surface area contributed by atoms with Crippen LogP contribution in [0.2, 0.25) is 0 Å². The first-order valence-electron chi connectivity index (χ1n) is 11.4. The molecular formula is C23H30N8O2. The van der Waals surface area contributed by atoms with Crippen LogP contribution in [0.5, 0.6) is 0 Å². The minimum absolute atomic E-state index is 0.0163. The van der Waals surface area contributed by atoms with Crippen LogP contribution in [0.4, 0.5) is 0 Å². The van der Waals surface area contributed by atoms with Gasteiger partial charge in [0.2, 0.25) is 5.91 Å². The molecule has 0 unspecified atom stereocenters. The molecule has 1 aliphatic carbocycles. The maximum Gasteiger partial charge on any atom is 0.255 e. The standard InChI is InChI=1S/C23H30N8O2/c1-12(22(33)31-10-13(24)11-31)27-21(32)15-8-25-20-19(15)28-16(9-26-20)18-14-5-6-23(2,3)7-17(14)30(4)29-18/h8-9,12-13H,5-7,10-11,24H2,1-4H3,(H,25,26)(H,27,32)/t12-/m1/s1. The number of fused-ring (bicyclic) bond motifs is 2. The molecule has 10 nitrogen and oxygen atoms in total. The fourth-order valence-corrected chi connectivity index (χ4v) is 4.78. The van der Waals surface area contributed by atoms with Gasteiger partial charge in [0.25, 0.3) is 5.91 Å². The molecule has 174 valence electrons. The second-order valence-corrected chi connectivity index (χ2v) is 10.1. The lowest BCUT2D eigenvalue weighted by atomic mass is 9.76. The van der Waals surface area contributed by atoms with E-state index in [-0.39, 0.29) is 23.3 Å². The van der Waals surface area contributed by atoms with Crippen molar-refractivity contribution in [2.24, 2.45) is 18.2 Å². The van der Waals surface area contributed by atoms with Crippen LogP contribution in [0, 0.1) is 5.41 Å². The molecule has 4 heterocycles. The fourth-order valence-electron chi connectivity index (χ4n) is 4.78. The molecular weight excluding hydrogens is 420 g/mol. The Morgan fingerprint density at radius 1 is 1.33 bits per heavy atom. The third kappa shape index (κ3) is 3.78. The lowest BCUT2D eigenvalue weighted by Gasteiger charge is -2.38. The smallest absolute Gasteiger partial charge is 0.255 e. The molecule has 10 heteroatoms. The van der Waals surface area contributed by atoms with Crippen molar-refractivity contribution in [2.75, 3.05) is 13.1 Å². The van der Waals surface area contributed by atoms with E-state index in [0.29, 0.717) is 35.5 Å². The van der Waals surface area contributed by atoms with E-state index in [9.17, 15) is 9.59 Å². The summed E-state index contributed by atoms with van der Waals surface area (Å²) in [5, 5.41) is 7.53. The SMILES string of the molecule is C[C@@H](NC(=O)c1c[nH]c2ncc(-c3nn(C)c4c3CCC(C)(C)C4)nc12)C(=O)N1CC(N)C1. The zero-order valence-electron chi connectivity index (χ0n) is 19.5. The second-order valence-electron chi connectivity index (χ2n) is 10.1. The number of hydrogen-bond donors (Lipinski definition) is 3. The van der Waals surface area contributed by atoms with Crippen LogP contribution in [0.25, 0.3) is 22.6 Å². The number of nitrogens with two attached hydrogens (primary N) is 1. The van der Waals surface area contributed by atoms with E-state index in [0.717, 1.165) is 25.0 Å². The minimum atomic E-state index is -0.655. The highest BCUT2D eigenvalue weighted by atomic mass is 16.2. The van der Waals surface area contributed by atoms with Crippen molar-refractivity contribution in [3.63, 3.8) is 0 Å². The highest BCUT2D eigenvalue weighted by Gasteiger charge is 2.33. The summed E-state index contributed by atoms with van der Waals surface area (Å²) >= 11 is 0. The van der Waals surface area contributed by atoms with Gasteiger partial charge in [-0.2, -0.15) is 5.10 Å². The van der Waals surface area contributed by atoms with E-state index in [1.54, 1.807) is 24.2 Å². The Morgan fingerprint density at radius 3 is 2.82 bits per heavy atom. The molecule has 5 rings (SSSR count). The van der Waals surface area contributed by atoms with E-state index >= 15 is 0 Å². The molecule has 0 radical (unpaired) electrons. The molecule has 0 aromatic carbocycles. The van der Waals surface area contributed by atoms with Gasteiger partial charge in [-0.3, -0.25) is 14.3 Å². The zero-order chi connectivity index (χ0) is 23.5. The molecule has 1 atom stereocenters. The first-order valence-corrected chi connectivity index (χ1v) is 11.4. The van der Waals surface area contributed by atoms with E-state index in [1.807, 2.05) is 11.7 Å². The normalized spacial score (nSPS) is 18.6. The number of hydrogen-bond acceptors (Lipinski definition) is 6. The van der Waals surface area contributed by atoms with E-state index < -0.39 is 6.04 Å². The molecule has 1 saturated heterocycles. The van der Waals surface area contributed by atoms with Gasteiger partial charge in [-0.1, -0.05) is 13.8 Å². The van der Waals surface area contributed by atoms with Crippen LogP contribution in [-0.2, 0) is 24.7 Å². The molecule has 3 aromatic rings. The average molecular weight is 451 g/mol. The van der Waals surface area contributed by atoms with Gasteiger partial charge in [0.15, 0.2) is 5.65 Å². The first kappa shape index (κ1) is 21.6. The third-order valence-corrected chi connectivity index (χ3v) is 6.78. The molecule has 1 aliphatic heterocycles. The Balaban J connectivity index is 1.42. The maximum atomic E-state index is 13.0. The highest BCUT2D eigenvalue weighted by Crippen LogP contribution is 2.38. The van der Waals surface area contributed by atoms with Crippen LogP contribution in [-0.4, -0.2) is 66.6 Å². The van der Waals surface area contributed by atoms with Crippen LogP contribution in [0.3, 0.4) is 0 Å². The molecule has 3 aromatic heterocycles. The third-order valence-electron chi connectivity index (χ3n) is 6.78. The summed E-state index contributed by atoms with van der Waals surface area (Å²) in [5.41, 5.74) is 11.2. The summed E-state index contributed by atoms with van der Waals surface area (Å²) in [5.74, 6) is -0.511. The van der Waals surface area contributed by atoms with Crippen LogP contribution < -0.4 is 11.1 Å². The number of aryl methyl sites for hydroxylation is 1. The molecule has 0 spiro atoms. The van der Waals surface area contributed by atoms with Crippen molar-refractivity contribution in [1.29, 1.82) is 0 Å². The van der Waals surface area contributed by atoms with Gasteiger partial charge in [0.05, 0.1) is 11.8 Å². The number of H-pyrrole nitrogens is 1. The molecule has 4 N–H and O–H groups in total. The number of aromatic amines is 1. The van der Waals surface area contributed by atoms with Crippen LogP contribution in [0.15, 0.2) is 12.4 Å². The molecule has 0 bridgehead atoms. The van der Waals surface area contributed by atoms with E-state index in [2.05, 4.69) is 29.1 Å². The Hall–Kier alpha value is -3.27. The van der Waals surface area contributed by atoms with Gasteiger partial charge in [0.1, 0.15) is 22.9 Å². The van der Waals surface area contributed by atoms with Crippen molar-refractivity contribution < 1.29 is 9.59 Å². The van der Waals surface area contributed by atoms with Gasteiger partial charge in [-0.15, -0.1) is 0 Å². The van der Waals surface area contributed by atoms with Gasteiger partial charge < -0.3 is 20.9 Å². The predicted octanol–water partition coefficient (Wildman–Crippen LogP) is 1.16. The Morgan fingerprint density at radius 2 is 2.09 bits per heavy atom. The van der Waals surface area contributed by atoms with Crippen LogP contribution in [0.1, 0.15) is 48.8 Å². The van der Waals surface area contributed by atoms with Gasteiger partial charge in [0, 0.05) is 43.6 Å². The number of carbonyl (C=O) groups excluding carboxylic acids is 2. The summed E-state index contributed by atoms with van der Waals surface area (Å²) < 4.78 is 1.94. The van der Waals surface area contributed by atoms with Crippen molar-refractivity contribution in [3.05, 3.63) is 29.2 Å². The van der Waals surface area contributed by atoms with E-state index in [4.69, 9.17) is 15.8 Å². The summed E-state index contributed by atoms with van der Waals surface area (Å²) in [6.45, 7) is 7.28. The highest BCUT2D eigenvalue weighted by molar-refractivity contribution is 6.06. The number of likely N-dealkylation sites (tertiary alicyclic amines) is 1. The minimum Gasteiger partial charge on any atom is -0.344 e. The topological polar surface area (TPSA) is 135 Å². The van der Waals surface area contributed by atoms with Gasteiger partial charge in [-0.25, -0.2) is 9.97 Å². The number of nitrogens with zero attached hydrogens (tertiary/aromatic N) is 5. The monoisotopic (exact) mass is 450 g/mol. The van der Waals surface area contributed by atoms with Gasteiger partial charge >= 0.3 is 0 Å². The number of amides is 2. The maximum absolute atomic E-state index is 13.0. The Kier molecular flexibility index (Phi) is 5.00. The first-order chi connectivity index (χ1) is 15.6. The Labute approximate surface area is 191 Å². The summed E-state index contributed by atoms with van der Waals surface area (Å²) in [6.07, 6.45) is 6.26. The van der Waals surface area contributed by atoms with Crippen LogP contribution >= 0.6 is 0 Å². The lowest BCUT2D eigenvalue weighted by molar-refractivity contribution is -0.137. The van der Waals surface area contributed by atoms with Gasteiger partial charge in [-0.05, 0) is 31.6 Å². The quantitative estimate of drug-likeness (QED) is 0.546. The lowest BCUT2D eigenvalue weighted by Crippen LogP contribution is -2.61. The van der Waals surface area contributed by atoms with Crippen molar-refractivity contribution >= 4 is 23.0 Å². The number of aromatic nitrogens is 5. The summed E-state index contributed by atoms with van der Waals surface area (Å²) in [6, 6.07) is -0.639. The van der Waals surface area contributed by atoms with E-state index in [1.165, 1.54) is 11.3 Å². The largest absolute Gasteiger partial charge is 0.344 e. The average Bonchev–Trinajstić information content (AvgIpc) is 3.30. The number of nitrogens with one attached hydrogen (secondary N) is 2. The summed E-state index contributed by atoms with van der Waals surface area (Å²) in [7, 11) is 1.97. The molecule has 0 saturated carbocycles. The predicted molar refractivity (Wildman–Crippen MR) is 123 cm³/mol. The number of rotatable bonds is 4. The van der Waals surface area contributed by atoms with Crippen molar-refractivity contribution in [2.45, 2.75) is 52.1 Å². The molecule has 2 aliphatic rings. The fraction of sp³-hybridized carbons (Fsp3) is 0.522. The zero-order valence-corrected chi connectivity index (χ0v) is 19.5.